The summed E-state index contributed by atoms with van der Waals surface area (Å²) in [6, 6.07) is 53.4. The highest BCUT2D eigenvalue weighted by molar-refractivity contribution is 6.24. The first-order valence-electron chi connectivity index (χ1n) is 17.1. The minimum atomic E-state index is 0.564. The van der Waals surface area contributed by atoms with Gasteiger partial charge in [-0.2, -0.15) is 15.0 Å². The molecule has 6 nitrogen and oxygen atoms in total. The smallest absolute Gasteiger partial charge is 0.240 e. The van der Waals surface area contributed by atoms with Crippen molar-refractivity contribution in [2.75, 3.05) is 0 Å². The molecule has 0 unspecified atom stereocenters. The highest BCUT2D eigenvalue weighted by Crippen LogP contribution is 2.39. The van der Waals surface area contributed by atoms with Gasteiger partial charge in [0.1, 0.15) is 11.2 Å². The number of rotatable bonds is 1. The molecule has 5 aromatic heterocycles. The fourth-order valence-electron chi connectivity index (χ4n) is 8.39. The first kappa shape index (κ1) is 26.9. The van der Waals surface area contributed by atoms with Crippen LogP contribution < -0.4 is 0 Å². The maximum atomic E-state index is 6.20. The van der Waals surface area contributed by atoms with Crippen LogP contribution in [0, 0.1) is 0 Å². The molecule has 0 saturated heterocycles. The third-order valence-electron chi connectivity index (χ3n) is 10.5. The van der Waals surface area contributed by atoms with Crippen molar-refractivity contribution < 1.29 is 4.42 Å². The molecule has 0 spiro atoms. The van der Waals surface area contributed by atoms with Gasteiger partial charge in [-0.15, -0.1) is 0 Å². The minimum Gasteiger partial charge on any atom is -0.456 e. The zero-order chi connectivity index (χ0) is 33.2. The summed E-state index contributed by atoms with van der Waals surface area (Å²) in [4.78, 5) is 16.1. The zero-order valence-corrected chi connectivity index (χ0v) is 27.1. The van der Waals surface area contributed by atoms with Crippen LogP contribution in [0.2, 0.25) is 0 Å². The minimum absolute atomic E-state index is 0.564. The summed E-state index contributed by atoms with van der Waals surface area (Å²) in [5, 5.41) is 11.2. The normalized spacial score (nSPS) is 12.3. The summed E-state index contributed by atoms with van der Waals surface area (Å²) in [7, 11) is 0. The van der Waals surface area contributed by atoms with Crippen LogP contribution in [-0.4, -0.2) is 23.8 Å². The van der Waals surface area contributed by atoms with E-state index < -0.39 is 0 Å². The first-order valence-corrected chi connectivity index (χ1v) is 17.1. The van der Waals surface area contributed by atoms with Gasteiger partial charge in [0.25, 0.3) is 0 Å². The average Bonchev–Trinajstić information content (AvgIpc) is 3.85. The summed E-state index contributed by atoms with van der Waals surface area (Å²) in [6.07, 6.45) is 0. The number of fused-ring (bicyclic) bond motifs is 16. The van der Waals surface area contributed by atoms with Crippen LogP contribution in [0.1, 0.15) is 0 Å². The molecule has 0 amide bonds. The predicted octanol–water partition coefficient (Wildman–Crippen LogP) is 11.4. The van der Waals surface area contributed by atoms with E-state index in [1.807, 2.05) is 24.3 Å². The Morgan fingerprint density at radius 3 is 1.39 bits per heavy atom. The lowest BCUT2D eigenvalue weighted by atomic mass is 10.0. The molecule has 0 radical (unpaired) electrons. The number of hydrogen-bond donors (Lipinski definition) is 0. The summed E-state index contributed by atoms with van der Waals surface area (Å²) in [6.45, 7) is 0. The van der Waals surface area contributed by atoms with Gasteiger partial charge in [-0.05, 0) is 47.2 Å². The summed E-state index contributed by atoms with van der Waals surface area (Å²) < 4.78 is 10.7. The molecule has 12 aromatic rings. The van der Waals surface area contributed by atoms with Crippen LogP contribution in [0.5, 0.6) is 0 Å². The van der Waals surface area contributed by atoms with Crippen LogP contribution >= 0.6 is 0 Å². The van der Waals surface area contributed by atoms with Crippen LogP contribution in [-0.2, 0) is 0 Å². The van der Waals surface area contributed by atoms with Crippen LogP contribution in [0.3, 0.4) is 0 Å². The lowest BCUT2D eigenvalue weighted by Crippen LogP contribution is -2.01. The van der Waals surface area contributed by atoms with Crippen molar-refractivity contribution in [1.29, 1.82) is 0 Å². The molecular formula is C45H25N5O. The van der Waals surface area contributed by atoms with E-state index >= 15 is 0 Å². The Bertz CT molecular complexity index is 3320. The molecule has 0 N–H and O–H groups in total. The van der Waals surface area contributed by atoms with Gasteiger partial charge in [0, 0.05) is 48.7 Å². The largest absolute Gasteiger partial charge is 0.456 e. The topological polar surface area (TPSA) is 60.6 Å². The van der Waals surface area contributed by atoms with Crippen molar-refractivity contribution in [1.82, 2.24) is 23.8 Å². The summed E-state index contributed by atoms with van der Waals surface area (Å²) in [5.41, 5.74) is 6.78. The maximum Gasteiger partial charge on any atom is 0.240 e. The van der Waals surface area contributed by atoms with Crippen LogP contribution in [0.25, 0.3) is 110 Å². The lowest BCUT2D eigenvalue weighted by molar-refractivity contribution is 0.669. The van der Waals surface area contributed by atoms with E-state index in [0.29, 0.717) is 17.4 Å². The molecule has 0 aliphatic carbocycles. The second kappa shape index (κ2) is 9.77. The molecule has 2 bridgehead atoms. The van der Waals surface area contributed by atoms with Crippen LogP contribution in [0.4, 0.5) is 0 Å². The number of aromatic nitrogens is 5. The molecule has 0 aliphatic rings. The first-order chi connectivity index (χ1) is 25.3. The Labute approximate surface area is 289 Å². The van der Waals surface area contributed by atoms with Crippen molar-refractivity contribution in [3.63, 3.8) is 0 Å². The molecule has 0 atom stereocenters. The molecule has 0 fully saturated rings. The lowest BCUT2D eigenvalue weighted by Gasteiger charge is -2.06. The molecule has 0 aliphatic heterocycles. The average molecular weight is 652 g/mol. The SMILES string of the molecule is c1ccc2c(c1)oc1ccc(-c3nc4nc(n3)n3c5ccccc5c5cccc(c6ccccc6c6cccc7c8ccccc8n4c67)c53)cc12. The summed E-state index contributed by atoms with van der Waals surface area (Å²) >= 11 is 0. The van der Waals surface area contributed by atoms with E-state index in [1.165, 1.54) is 0 Å². The van der Waals surface area contributed by atoms with Crippen molar-refractivity contribution >= 4 is 98.7 Å². The fourth-order valence-corrected chi connectivity index (χ4v) is 8.39. The van der Waals surface area contributed by atoms with Gasteiger partial charge in [-0.3, -0.25) is 8.80 Å². The number of furan rings is 1. The van der Waals surface area contributed by atoms with Gasteiger partial charge >= 0.3 is 0 Å². The van der Waals surface area contributed by atoms with Crippen molar-refractivity contribution in [3.8, 4) is 11.4 Å². The van der Waals surface area contributed by atoms with E-state index in [4.69, 9.17) is 19.4 Å². The van der Waals surface area contributed by atoms with Gasteiger partial charge < -0.3 is 4.42 Å². The van der Waals surface area contributed by atoms with Crippen molar-refractivity contribution in [2.45, 2.75) is 0 Å². The van der Waals surface area contributed by atoms with Gasteiger partial charge in [-0.25, -0.2) is 0 Å². The van der Waals surface area contributed by atoms with Gasteiger partial charge in [0.05, 0.1) is 22.1 Å². The highest BCUT2D eigenvalue weighted by Gasteiger charge is 2.19. The quantitative estimate of drug-likeness (QED) is 0.177. The number of para-hydroxylation sites is 5. The Hall–Kier alpha value is -7.05. The molecule has 5 heterocycles. The fraction of sp³-hybridized carbons (Fsp3) is 0. The zero-order valence-electron chi connectivity index (χ0n) is 27.1. The molecule has 7 aromatic carbocycles. The summed E-state index contributed by atoms with van der Waals surface area (Å²) in [5.74, 6) is 1.72. The van der Waals surface area contributed by atoms with E-state index in [2.05, 4.69) is 136 Å². The second-order valence-corrected chi connectivity index (χ2v) is 13.2. The van der Waals surface area contributed by atoms with Gasteiger partial charge in [-0.1, -0.05) is 115 Å². The van der Waals surface area contributed by atoms with Gasteiger partial charge in [0.2, 0.25) is 11.6 Å². The Balaban J connectivity index is 1.40. The van der Waals surface area contributed by atoms with Gasteiger partial charge in [0.15, 0.2) is 5.82 Å². The van der Waals surface area contributed by atoms with Crippen molar-refractivity contribution in [2.24, 2.45) is 0 Å². The van der Waals surface area contributed by atoms with E-state index in [0.717, 1.165) is 92.7 Å². The molecule has 236 valence electrons. The number of hydrogen-bond acceptors (Lipinski definition) is 4. The van der Waals surface area contributed by atoms with Crippen LogP contribution in [0.15, 0.2) is 156 Å². The third-order valence-corrected chi connectivity index (χ3v) is 10.5. The molecule has 12 rings (SSSR count). The number of benzene rings is 7. The predicted molar refractivity (Wildman–Crippen MR) is 208 cm³/mol. The highest BCUT2D eigenvalue weighted by atomic mass is 16.3. The third kappa shape index (κ3) is 3.57. The maximum absolute atomic E-state index is 6.20. The Morgan fingerprint density at radius 2 is 0.804 bits per heavy atom. The van der Waals surface area contributed by atoms with E-state index in [1.54, 1.807) is 0 Å². The molecule has 51 heavy (non-hydrogen) atoms. The Morgan fingerprint density at radius 1 is 0.353 bits per heavy atom. The van der Waals surface area contributed by atoms with E-state index in [-0.39, 0.29) is 0 Å². The molecule has 0 saturated carbocycles. The Kier molecular flexibility index (Phi) is 5.14. The standard InChI is InChI=1S/C45H25N5O/c1-2-12-28-27(11-1)32-16-9-18-34-29-13-3-6-20-37(29)49(41(32)34)44-46-43(26-23-24-40-36(25-26)31-15-5-8-22-39(31)51-40)47-45(48-44)50-38-21-7-4-14-30(38)35-19-10-17-33(28)42(35)50/h1-25H. The monoisotopic (exact) mass is 651 g/mol. The molecule has 6 heteroatoms. The second-order valence-electron chi connectivity index (χ2n) is 13.2. The molecular weight excluding hydrogens is 627 g/mol. The van der Waals surface area contributed by atoms with Crippen molar-refractivity contribution in [3.05, 3.63) is 152 Å². The number of nitrogens with zero attached hydrogens (tertiary/aromatic N) is 5. The van der Waals surface area contributed by atoms with E-state index in [9.17, 15) is 0 Å².